The van der Waals surface area contributed by atoms with Crippen molar-refractivity contribution < 1.29 is 32.3 Å². The van der Waals surface area contributed by atoms with E-state index in [1.54, 1.807) is 18.5 Å². The summed E-state index contributed by atoms with van der Waals surface area (Å²) in [6.07, 6.45) is 0. The van der Waals surface area contributed by atoms with Crippen LogP contribution in [0.5, 0.6) is 11.5 Å². The maximum absolute atomic E-state index is 12.8. The highest BCUT2D eigenvalue weighted by molar-refractivity contribution is 9.10. The Balaban J connectivity index is 1.44. The summed E-state index contributed by atoms with van der Waals surface area (Å²) in [5.74, 6) is -0.392. The Morgan fingerprint density at radius 1 is 1.17 bits per heavy atom. The molecule has 0 aliphatic rings. The second kappa shape index (κ2) is 10.9. The Kier molecular flexibility index (Phi) is 7.63. The van der Waals surface area contributed by atoms with Gasteiger partial charge in [-0.15, -0.1) is 0 Å². The SMILES string of the molecule is COc1cc(-c2noc(COC(=O)c3c(C)nn(Cc4cccc(Br)c4)c3C)n2)ccc1OC(F)F. The zero-order valence-corrected chi connectivity index (χ0v) is 21.1. The number of carbonyl (C=O) groups excluding carboxylic acids is 1. The number of hydrogen-bond acceptors (Lipinski definition) is 8. The zero-order chi connectivity index (χ0) is 25.8. The highest BCUT2D eigenvalue weighted by atomic mass is 79.9. The predicted octanol–water partition coefficient (Wildman–Crippen LogP) is 5.33. The lowest BCUT2D eigenvalue weighted by molar-refractivity contribution is -0.0512. The lowest BCUT2D eigenvalue weighted by Gasteiger charge is -2.10. The molecular formula is C24H21BrF2N4O5. The van der Waals surface area contributed by atoms with Crippen LogP contribution in [-0.2, 0) is 17.9 Å². The molecule has 0 fully saturated rings. The van der Waals surface area contributed by atoms with Gasteiger partial charge in [0.1, 0.15) is 5.56 Å². The summed E-state index contributed by atoms with van der Waals surface area (Å²) in [6.45, 7) is 0.785. The van der Waals surface area contributed by atoms with Crippen molar-refractivity contribution in [2.24, 2.45) is 0 Å². The van der Waals surface area contributed by atoms with Gasteiger partial charge in [0.2, 0.25) is 5.82 Å². The molecular weight excluding hydrogens is 542 g/mol. The first kappa shape index (κ1) is 25.3. The first-order valence-electron chi connectivity index (χ1n) is 10.7. The number of rotatable bonds is 9. The first-order valence-corrected chi connectivity index (χ1v) is 11.5. The topological polar surface area (TPSA) is 102 Å². The molecule has 4 rings (SSSR count). The van der Waals surface area contributed by atoms with Crippen molar-refractivity contribution in [3.05, 3.63) is 75.3 Å². The van der Waals surface area contributed by atoms with Crippen LogP contribution in [0.25, 0.3) is 11.4 Å². The van der Waals surface area contributed by atoms with Crippen molar-refractivity contribution in [3.8, 4) is 22.9 Å². The monoisotopic (exact) mass is 562 g/mol. The van der Waals surface area contributed by atoms with Gasteiger partial charge in [0.05, 0.1) is 25.0 Å². The molecule has 2 aromatic carbocycles. The number of aromatic nitrogens is 4. The molecule has 36 heavy (non-hydrogen) atoms. The minimum Gasteiger partial charge on any atom is -0.493 e. The molecule has 2 aromatic heterocycles. The normalized spacial score (nSPS) is 11.1. The van der Waals surface area contributed by atoms with Gasteiger partial charge in [-0.1, -0.05) is 33.2 Å². The fraction of sp³-hybridized carbons (Fsp3) is 0.250. The Labute approximate surface area is 213 Å². The van der Waals surface area contributed by atoms with Crippen LogP contribution in [0.1, 0.15) is 33.2 Å². The van der Waals surface area contributed by atoms with E-state index in [0.717, 1.165) is 10.0 Å². The Morgan fingerprint density at radius 2 is 1.97 bits per heavy atom. The summed E-state index contributed by atoms with van der Waals surface area (Å²) in [5, 5.41) is 8.33. The number of aryl methyl sites for hydroxylation is 1. The van der Waals surface area contributed by atoms with Crippen LogP contribution >= 0.6 is 15.9 Å². The van der Waals surface area contributed by atoms with Crippen LogP contribution < -0.4 is 9.47 Å². The quantitative estimate of drug-likeness (QED) is 0.252. The van der Waals surface area contributed by atoms with Crippen molar-refractivity contribution in [1.29, 1.82) is 0 Å². The lowest BCUT2D eigenvalue weighted by atomic mass is 10.2. The van der Waals surface area contributed by atoms with E-state index in [9.17, 15) is 13.6 Å². The molecule has 0 saturated carbocycles. The Morgan fingerprint density at radius 3 is 2.69 bits per heavy atom. The maximum Gasteiger partial charge on any atom is 0.387 e. The number of carbonyl (C=O) groups is 1. The van der Waals surface area contributed by atoms with Gasteiger partial charge < -0.3 is 18.7 Å². The Hall–Kier alpha value is -3.80. The van der Waals surface area contributed by atoms with E-state index in [0.29, 0.717) is 29.1 Å². The number of halogens is 3. The van der Waals surface area contributed by atoms with Crippen molar-refractivity contribution in [2.75, 3.05) is 7.11 Å². The molecule has 0 bridgehead atoms. The lowest BCUT2D eigenvalue weighted by Crippen LogP contribution is -2.09. The minimum absolute atomic E-state index is 0.0575. The van der Waals surface area contributed by atoms with E-state index < -0.39 is 12.6 Å². The van der Waals surface area contributed by atoms with Gasteiger partial charge in [0.15, 0.2) is 18.1 Å². The van der Waals surface area contributed by atoms with E-state index in [4.69, 9.17) is 14.0 Å². The number of hydrogen-bond donors (Lipinski definition) is 0. The molecule has 0 aliphatic carbocycles. The molecule has 9 nitrogen and oxygen atoms in total. The van der Waals surface area contributed by atoms with Crippen LogP contribution in [0.3, 0.4) is 0 Å². The van der Waals surface area contributed by atoms with Crippen LogP contribution in [0, 0.1) is 13.8 Å². The highest BCUT2D eigenvalue weighted by Crippen LogP contribution is 2.32. The molecule has 0 amide bonds. The summed E-state index contributed by atoms with van der Waals surface area (Å²) in [7, 11) is 1.32. The standard InChI is InChI=1S/C24H21BrF2N4O5/c1-13-21(14(2)31(29-13)11-15-5-4-6-17(25)9-15)23(32)34-12-20-28-22(30-36-20)16-7-8-18(35-24(26)27)19(10-16)33-3/h4-10,24H,11-12H2,1-3H3. The average Bonchev–Trinajstić information content (AvgIpc) is 3.41. The molecule has 0 saturated heterocycles. The molecule has 0 aliphatic heterocycles. The molecule has 0 spiro atoms. The fourth-order valence-corrected chi connectivity index (χ4v) is 4.03. The van der Waals surface area contributed by atoms with E-state index >= 15 is 0 Å². The van der Waals surface area contributed by atoms with Crippen molar-refractivity contribution >= 4 is 21.9 Å². The zero-order valence-electron chi connectivity index (χ0n) is 19.5. The van der Waals surface area contributed by atoms with Gasteiger partial charge >= 0.3 is 12.6 Å². The van der Waals surface area contributed by atoms with Crippen LogP contribution in [0.15, 0.2) is 51.5 Å². The predicted molar refractivity (Wildman–Crippen MR) is 127 cm³/mol. The molecule has 0 N–H and O–H groups in total. The molecule has 0 unspecified atom stereocenters. The molecule has 4 aromatic rings. The third kappa shape index (κ3) is 5.70. The highest BCUT2D eigenvalue weighted by Gasteiger charge is 2.22. The van der Waals surface area contributed by atoms with Gasteiger partial charge in [0.25, 0.3) is 5.89 Å². The van der Waals surface area contributed by atoms with Crippen molar-refractivity contribution in [2.45, 2.75) is 33.6 Å². The minimum atomic E-state index is -2.99. The van der Waals surface area contributed by atoms with Crippen LogP contribution in [0.4, 0.5) is 8.78 Å². The van der Waals surface area contributed by atoms with E-state index in [2.05, 4.69) is 35.9 Å². The number of ether oxygens (including phenoxy) is 3. The average molecular weight is 563 g/mol. The molecule has 2 heterocycles. The summed E-state index contributed by atoms with van der Waals surface area (Å²) < 4.78 is 47.8. The van der Waals surface area contributed by atoms with Crippen molar-refractivity contribution in [3.63, 3.8) is 0 Å². The number of benzene rings is 2. The second-order valence-electron chi connectivity index (χ2n) is 7.67. The van der Waals surface area contributed by atoms with Gasteiger partial charge in [0, 0.05) is 10.0 Å². The van der Waals surface area contributed by atoms with Gasteiger partial charge in [-0.25, -0.2) is 4.79 Å². The number of esters is 1. The molecule has 0 radical (unpaired) electrons. The second-order valence-corrected chi connectivity index (χ2v) is 8.58. The fourth-order valence-electron chi connectivity index (χ4n) is 3.58. The van der Waals surface area contributed by atoms with Gasteiger partial charge in [-0.3, -0.25) is 4.68 Å². The summed E-state index contributed by atoms with van der Waals surface area (Å²) in [6, 6.07) is 12.0. The van der Waals surface area contributed by atoms with Gasteiger partial charge in [-0.05, 0) is 49.7 Å². The summed E-state index contributed by atoms with van der Waals surface area (Å²) >= 11 is 3.45. The maximum atomic E-state index is 12.8. The van der Waals surface area contributed by atoms with Crippen LogP contribution in [0.2, 0.25) is 0 Å². The van der Waals surface area contributed by atoms with Gasteiger partial charge in [-0.2, -0.15) is 18.9 Å². The largest absolute Gasteiger partial charge is 0.493 e. The first-order chi connectivity index (χ1) is 17.2. The summed E-state index contributed by atoms with van der Waals surface area (Å²) in [4.78, 5) is 17.0. The van der Waals surface area contributed by atoms with E-state index in [-0.39, 0.29) is 29.8 Å². The third-order valence-electron chi connectivity index (χ3n) is 5.24. The molecule has 0 atom stereocenters. The summed E-state index contributed by atoms with van der Waals surface area (Å²) in [5.41, 5.74) is 3.04. The van der Waals surface area contributed by atoms with Crippen LogP contribution in [-0.4, -0.2) is 39.6 Å². The van der Waals surface area contributed by atoms with E-state index in [1.165, 1.54) is 25.3 Å². The van der Waals surface area contributed by atoms with E-state index in [1.807, 2.05) is 24.3 Å². The number of methoxy groups -OCH3 is 1. The molecule has 188 valence electrons. The Bertz CT molecular complexity index is 1390. The number of alkyl halides is 2. The molecule has 12 heteroatoms. The number of nitrogens with zero attached hydrogens (tertiary/aromatic N) is 4. The third-order valence-corrected chi connectivity index (χ3v) is 5.73. The van der Waals surface area contributed by atoms with Crippen molar-refractivity contribution in [1.82, 2.24) is 19.9 Å². The smallest absolute Gasteiger partial charge is 0.387 e.